The fourth-order valence-electron chi connectivity index (χ4n) is 3.66. The van der Waals surface area contributed by atoms with Gasteiger partial charge in [0.2, 0.25) is 11.8 Å². The van der Waals surface area contributed by atoms with E-state index in [1.165, 1.54) is 24.3 Å². The lowest BCUT2D eigenvalue weighted by Gasteiger charge is -2.35. The van der Waals surface area contributed by atoms with E-state index >= 15 is 0 Å². The van der Waals surface area contributed by atoms with Crippen molar-refractivity contribution in [2.75, 3.05) is 13.7 Å². The number of carbonyl (C=O) groups excluding carboxylic acids is 3. The third-order valence-corrected chi connectivity index (χ3v) is 6.24. The molecule has 1 aromatic rings. The van der Waals surface area contributed by atoms with Crippen LogP contribution in [0.4, 0.5) is 5.69 Å². The quantitative estimate of drug-likeness (QED) is 0.242. The van der Waals surface area contributed by atoms with Gasteiger partial charge in [-0.1, -0.05) is 6.92 Å². The highest BCUT2D eigenvalue weighted by Crippen LogP contribution is 2.32. The summed E-state index contributed by atoms with van der Waals surface area (Å²) in [5, 5.41) is 16.1. The molecule has 0 bridgehead atoms. The molecule has 194 valence electrons. The number of non-ortho nitro benzene ring substituents is 1. The summed E-state index contributed by atoms with van der Waals surface area (Å²) in [5.74, 6) is -1.11. The molecule has 0 aliphatic heterocycles. The topological polar surface area (TPSA) is 146 Å². The van der Waals surface area contributed by atoms with Crippen LogP contribution >= 0.6 is 0 Å². The molecule has 11 heteroatoms. The second kappa shape index (κ2) is 13.0. The Morgan fingerprint density at radius 1 is 1.11 bits per heavy atom. The van der Waals surface area contributed by atoms with Gasteiger partial charge in [0.05, 0.1) is 17.6 Å². The van der Waals surface area contributed by atoms with E-state index in [4.69, 9.17) is 14.2 Å². The molecule has 35 heavy (non-hydrogen) atoms. The lowest BCUT2D eigenvalue weighted by atomic mass is 9.81. The van der Waals surface area contributed by atoms with Gasteiger partial charge >= 0.3 is 5.97 Å². The number of amides is 2. The van der Waals surface area contributed by atoms with Gasteiger partial charge in [-0.25, -0.2) is 4.79 Å². The number of benzene rings is 1. The molecule has 0 spiro atoms. The average Bonchev–Trinajstić information content (AvgIpc) is 2.80. The summed E-state index contributed by atoms with van der Waals surface area (Å²) in [5.41, 5.74) is -0.0247. The summed E-state index contributed by atoms with van der Waals surface area (Å²) < 4.78 is 16.1. The molecule has 2 amide bonds. The monoisotopic (exact) mass is 493 g/mol. The van der Waals surface area contributed by atoms with Gasteiger partial charge in [-0.15, -0.1) is 0 Å². The molecule has 1 aliphatic carbocycles. The molecule has 0 heterocycles. The highest BCUT2D eigenvalue weighted by molar-refractivity contribution is 5.91. The number of ether oxygens (including phenoxy) is 3. The van der Waals surface area contributed by atoms with E-state index in [-0.39, 0.29) is 42.2 Å². The first-order valence-corrected chi connectivity index (χ1v) is 11.8. The number of hydrogen-bond acceptors (Lipinski definition) is 8. The first-order valence-electron chi connectivity index (χ1n) is 11.8. The van der Waals surface area contributed by atoms with Crippen LogP contribution in [0.3, 0.4) is 0 Å². The van der Waals surface area contributed by atoms with Crippen LogP contribution in [0.2, 0.25) is 0 Å². The first-order chi connectivity index (χ1) is 16.5. The predicted octanol–water partition coefficient (Wildman–Crippen LogP) is 2.37. The minimum absolute atomic E-state index is 0.0118. The summed E-state index contributed by atoms with van der Waals surface area (Å²) in [6.07, 6.45) is 0.976. The standard InChI is InChI=1S/C24H35N3O8/c1-6-34-24(30)21(11-14(2)16(4)33-5)26-22(28)15(3)25-23(29)17-12-20(13-17)35-19-9-7-18(8-10-19)27(31)32/h7-10,14-17,20-21H,6,11-13H2,1-5H3,(H,25,29)(H,26,28)/t14-,15-,16?,17?,20?,21+/m1/s1. The molecule has 0 aromatic heterocycles. The number of nitro groups is 1. The summed E-state index contributed by atoms with van der Waals surface area (Å²) in [7, 11) is 1.58. The minimum Gasteiger partial charge on any atom is -0.490 e. The van der Waals surface area contributed by atoms with Crippen LogP contribution < -0.4 is 15.4 Å². The van der Waals surface area contributed by atoms with Crippen LogP contribution in [-0.2, 0) is 23.9 Å². The van der Waals surface area contributed by atoms with Crippen LogP contribution in [0.5, 0.6) is 5.75 Å². The Hall–Kier alpha value is -3.21. The maximum Gasteiger partial charge on any atom is 0.328 e. The SMILES string of the molecule is CCOC(=O)[C@H](C[C@@H](C)C(C)OC)NC(=O)[C@@H](C)NC(=O)C1CC(Oc2ccc([N+](=O)[O-])cc2)C1. The third-order valence-electron chi connectivity index (χ3n) is 6.24. The number of esters is 1. The Bertz CT molecular complexity index is 885. The Labute approximate surface area is 205 Å². The van der Waals surface area contributed by atoms with E-state index in [0.29, 0.717) is 25.0 Å². The number of methoxy groups -OCH3 is 1. The van der Waals surface area contributed by atoms with Crippen molar-refractivity contribution in [2.24, 2.45) is 11.8 Å². The molecule has 2 rings (SSSR count). The van der Waals surface area contributed by atoms with Crippen molar-refractivity contribution in [3.63, 3.8) is 0 Å². The van der Waals surface area contributed by atoms with Crippen molar-refractivity contribution >= 4 is 23.5 Å². The highest BCUT2D eigenvalue weighted by Gasteiger charge is 2.37. The van der Waals surface area contributed by atoms with Crippen LogP contribution in [0.25, 0.3) is 0 Å². The van der Waals surface area contributed by atoms with Gasteiger partial charge in [-0.05, 0) is 58.1 Å². The molecule has 4 atom stereocenters. The molecule has 1 unspecified atom stereocenters. The van der Waals surface area contributed by atoms with E-state index in [1.807, 2.05) is 13.8 Å². The number of nitrogens with one attached hydrogen (secondary N) is 2. The van der Waals surface area contributed by atoms with Gasteiger partial charge in [-0.3, -0.25) is 19.7 Å². The largest absolute Gasteiger partial charge is 0.490 e. The number of carbonyl (C=O) groups is 3. The van der Waals surface area contributed by atoms with Crippen molar-refractivity contribution < 1.29 is 33.5 Å². The van der Waals surface area contributed by atoms with Gasteiger partial charge in [0.1, 0.15) is 23.9 Å². The van der Waals surface area contributed by atoms with Crippen LogP contribution in [0.15, 0.2) is 24.3 Å². The molecule has 2 N–H and O–H groups in total. The fourth-order valence-corrected chi connectivity index (χ4v) is 3.66. The van der Waals surface area contributed by atoms with E-state index in [9.17, 15) is 24.5 Å². The molecule has 1 saturated carbocycles. The molecule has 1 fully saturated rings. The van der Waals surface area contributed by atoms with Crippen molar-refractivity contribution in [2.45, 2.75) is 71.2 Å². The summed E-state index contributed by atoms with van der Waals surface area (Å²) >= 11 is 0. The third kappa shape index (κ3) is 8.20. The Balaban J connectivity index is 1.83. The maximum absolute atomic E-state index is 12.7. The number of hydrogen-bond donors (Lipinski definition) is 2. The molecule has 1 aliphatic rings. The first kappa shape index (κ1) is 28.0. The zero-order valence-electron chi connectivity index (χ0n) is 20.8. The molecule has 1 aromatic carbocycles. The molecular weight excluding hydrogens is 458 g/mol. The summed E-state index contributed by atoms with van der Waals surface area (Å²) in [6, 6.07) is 4.07. The lowest BCUT2D eigenvalue weighted by Crippen LogP contribution is -2.53. The second-order valence-corrected chi connectivity index (χ2v) is 8.86. The zero-order valence-corrected chi connectivity index (χ0v) is 20.8. The lowest BCUT2D eigenvalue weighted by molar-refractivity contribution is -0.384. The average molecular weight is 494 g/mol. The van der Waals surface area contributed by atoms with Gasteiger partial charge < -0.3 is 24.8 Å². The Kier molecular flexibility index (Phi) is 10.4. The smallest absolute Gasteiger partial charge is 0.328 e. The van der Waals surface area contributed by atoms with Crippen molar-refractivity contribution in [1.29, 1.82) is 0 Å². The normalized spacial score (nSPS) is 20.4. The predicted molar refractivity (Wildman–Crippen MR) is 127 cm³/mol. The van der Waals surface area contributed by atoms with E-state index in [1.54, 1.807) is 21.0 Å². The summed E-state index contributed by atoms with van der Waals surface area (Å²) in [4.78, 5) is 47.8. The number of rotatable bonds is 13. The molecule has 0 radical (unpaired) electrons. The molecule has 0 saturated heterocycles. The minimum atomic E-state index is -0.849. The van der Waals surface area contributed by atoms with Gasteiger partial charge in [-0.2, -0.15) is 0 Å². The van der Waals surface area contributed by atoms with Gasteiger partial charge in [0, 0.05) is 25.2 Å². The van der Waals surface area contributed by atoms with Crippen molar-refractivity contribution in [3.05, 3.63) is 34.4 Å². The van der Waals surface area contributed by atoms with Crippen LogP contribution in [0, 0.1) is 22.0 Å². The molecule has 11 nitrogen and oxygen atoms in total. The van der Waals surface area contributed by atoms with Crippen molar-refractivity contribution in [3.8, 4) is 5.75 Å². The number of nitrogens with zero attached hydrogens (tertiary/aromatic N) is 1. The Morgan fingerprint density at radius 3 is 2.29 bits per heavy atom. The molecular formula is C24H35N3O8. The Morgan fingerprint density at radius 2 is 1.74 bits per heavy atom. The van der Waals surface area contributed by atoms with Crippen LogP contribution in [-0.4, -0.2) is 60.7 Å². The van der Waals surface area contributed by atoms with Gasteiger partial charge in [0.25, 0.3) is 5.69 Å². The second-order valence-electron chi connectivity index (χ2n) is 8.86. The maximum atomic E-state index is 12.7. The van der Waals surface area contributed by atoms with Crippen molar-refractivity contribution in [1.82, 2.24) is 10.6 Å². The fraction of sp³-hybridized carbons (Fsp3) is 0.625. The zero-order chi connectivity index (χ0) is 26.1. The van der Waals surface area contributed by atoms with Crippen LogP contribution in [0.1, 0.15) is 47.0 Å². The highest BCUT2D eigenvalue weighted by atomic mass is 16.6. The van der Waals surface area contributed by atoms with Gasteiger partial charge in [0.15, 0.2) is 0 Å². The summed E-state index contributed by atoms with van der Waals surface area (Å²) in [6.45, 7) is 7.24. The van der Waals surface area contributed by atoms with E-state index in [0.717, 1.165) is 0 Å². The van der Waals surface area contributed by atoms with E-state index in [2.05, 4.69) is 10.6 Å². The van der Waals surface area contributed by atoms with E-state index < -0.39 is 28.9 Å². The number of nitro benzene ring substituents is 1.